The Labute approximate surface area is 157 Å². The van der Waals surface area contributed by atoms with E-state index in [1.807, 2.05) is 6.07 Å². The maximum Gasteiger partial charge on any atom is 0.243 e. The summed E-state index contributed by atoms with van der Waals surface area (Å²) in [6.45, 7) is 4.07. The van der Waals surface area contributed by atoms with E-state index in [9.17, 15) is 14.0 Å². The third kappa shape index (κ3) is 6.19. The average Bonchev–Trinajstić information content (AvgIpc) is 2.57. The summed E-state index contributed by atoms with van der Waals surface area (Å²) in [5, 5.41) is 2.58. The van der Waals surface area contributed by atoms with Gasteiger partial charge in [-0.2, -0.15) is 0 Å². The number of halogens is 1. The predicted octanol–water partition coefficient (Wildman–Crippen LogP) is 4.02. The van der Waals surface area contributed by atoms with Gasteiger partial charge in [-0.1, -0.05) is 12.1 Å². The lowest BCUT2D eigenvalue weighted by molar-refractivity contribution is -0.132. The van der Waals surface area contributed by atoms with E-state index < -0.39 is 5.82 Å². The Kier molecular flexibility index (Phi) is 7.21. The molecule has 2 aromatic carbocycles. The quantitative estimate of drug-likeness (QED) is 0.745. The van der Waals surface area contributed by atoms with Crippen molar-refractivity contribution in [1.82, 2.24) is 4.90 Å². The molecule has 0 spiro atoms. The summed E-state index contributed by atoms with van der Waals surface area (Å²) in [4.78, 5) is 26.7. The molecule has 0 fully saturated rings. The Hall–Kier alpha value is -2.34. The molecule has 2 rings (SSSR count). The lowest BCUT2D eigenvalue weighted by atomic mass is 10.1. The van der Waals surface area contributed by atoms with Gasteiger partial charge in [-0.05, 0) is 55.3 Å². The van der Waals surface area contributed by atoms with Crippen molar-refractivity contribution < 1.29 is 14.0 Å². The van der Waals surface area contributed by atoms with Gasteiger partial charge in [0.25, 0.3) is 0 Å². The fourth-order valence-corrected chi connectivity index (χ4v) is 3.26. The van der Waals surface area contributed by atoms with E-state index in [1.165, 1.54) is 34.2 Å². The summed E-state index contributed by atoms with van der Waals surface area (Å²) in [5.41, 5.74) is 2.85. The first-order valence-electron chi connectivity index (χ1n) is 8.34. The van der Waals surface area contributed by atoms with Crippen LogP contribution in [0.4, 0.5) is 10.1 Å². The monoisotopic (exact) mass is 374 g/mol. The summed E-state index contributed by atoms with van der Waals surface area (Å²) in [5.74, 6) is -0.225. The number of benzene rings is 2. The van der Waals surface area contributed by atoms with Crippen molar-refractivity contribution in [2.45, 2.75) is 25.2 Å². The highest BCUT2D eigenvalue weighted by Crippen LogP contribution is 2.21. The minimum Gasteiger partial charge on any atom is -0.336 e. The van der Waals surface area contributed by atoms with E-state index in [1.54, 1.807) is 24.9 Å². The standard InChI is InChI=1S/C20H23FN2O2S/c1-14-7-8-18(11-15(14)2)26-10-9-20(25)23(3)13-19(24)22-17-6-4-5-16(21)12-17/h4-8,11-12H,9-10,13H2,1-3H3,(H,22,24). The summed E-state index contributed by atoms with van der Waals surface area (Å²) in [6.07, 6.45) is 0.349. The summed E-state index contributed by atoms with van der Waals surface area (Å²) >= 11 is 1.62. The van der Waals surface area contributed by atoms with Crippen LogP contribution in [0.15, 0.2) is 47.4 Å². The van der Waals surface area contributed by atoms with Gasteiger partial charge in [0.05, 0.1) is 6.54 Å². The van der Waals surface area contributed by atoms with Crippen molar-refractivity contribution >= 4 is 29.3 Å². The first-order chi connectivity index (χ1) is 12.3. The van der Waals surface area contributed by atoms with Gasteiger partial charge >= 0.3 is 0 Å². The van der Waals surface area contributed by atoms with E-state index in [0.29, 0.717) is 17.9 Å². The lowest BCUT2D eigenvalue weighted by Gasteiger charge is -2.17. The van der Waals surface area contributed by atoms with Gasteiger partial charge in [0.2, 0.25) is 11.8 Å². The van der Waals surface area contributed by atoms with Crippen LogP contribution in [0.25, 0.3) is 0 Å². The molecular formula is C20H23FN2O2S. The number of anilines is 1. The molecule has 0 unspecified atom stereocenters. The lowest BCUT2D eigenvalue weighted by Crippen LogP contribution is -2.35. The topological polar surface area (TPSA) is 49.4 Å². The van der Waals surface area contributed by atoms with Gasteiger partial charge < -0.3 is 10.2 Å². The Morgan fingerprint density at radius 2 is 1.88 bits per heavy atom. The second-order valence-corrected chi connectivity index (χ2v) is 7.32. The molecule has 0 heterocycles. The third-order valence-corrected chi connectivity index (χ3v) is 4.97. The second-order valence-electron chi connectivity index (χ2n) is 6.15. The minimum atomic E-state index is -0.421. The first-order valence-corrected chi connectivity index (χ1v) is 9.33. The Morgan fingerprint density at radius 3 is 2.58 bits per heavy atom. The number of thioether (sulfide) groups is 1. The zero-order valence-corrected chi connectivity index (χ0v) is 16.0. The van der Waals surface area contributed by atoms with E-state index in [0.717, 1.165) is 4.90 Å². The normalized spacial score (nSPS) is 10.5. The van der Waals surface area contributed by atoms with Crippen LogP contribution in [0.1, 0.15) is 17.5 Å². The van der Waals surface area contributed by atoms with Gasteiger partial charge in [0, 0.05) is 29.8 Å². The number of amides is 2. The number of aryl methyl sites for hydroxylation is 2. The number of carbonyl (C=O) groups is 2. The van der Waals surface area contributed by atoms with E-state index in [4.69, 9.17) is 0 Å². The maximum atomic E-state index is 13.1. The Balaban J connectivity index is 1.76. The van der Waals surface area contributed by atoms with E-state index in [-0.39, 0.29) is 18.4 Å². The van der Waals surface area contributed by atoms with Gasteiger partial charge in [-0.3, -0.25) is 9.59 Å². The minimum absolute atomic E-state index is 0.0658. The molecule has 0 saturated heterocycles. The summed E-state index contributed by atoms with van der Waals surface area (Å²) < 4.78 is 13.1. The van der Waals surface area contributed by atoms with Crippen molar-refractivity contribution in [2.75, 3.05) is 24.7 Å². The Bertz CT molecular complexity index is 795. The molecule has 0 aromatic heterocycles. The molecule has 0 aliphatic carbocycles. The molecule has 138 valence electrons. The number of likely N-dealkylation sites (N-methyl/N-ethyl adjacent to an activating group) is 1. The molecule has 0 aliphatic rings. The van der Waals surface area contributed by atoms with Gasteiger partial charge in [-0.25, -0.2) is 4.39 Å². The van der Waals surface area contributed by atoms with Crippen LogP contribution in [0, 0.1) is 19.7 Å². The molecular weight excluding hydrogens is 351 g/mol. The van der Waals surface area contributed by atoms with Crippen LogP contribution in [0.3, 0.4) is 0 Å². The van der Waals surface area contributed by atoms with Crippen LogP contribution in [-0.2, 0) is 9.59 Å². The largest absolute Gasteiger partial charge is 0.336 e. The fourth-order valence-electron chi connectivity index (χ4n) is 2.32. The second kappa shape index (κ2) is 9.38. The highest BCUT2D eigenvalue weighted by atomic mass is 32.2. The van der Waals surface area contributed by atoms with Gasteiger partial charge in [0.1, 0.15) is 5.82 Å². The van der Waals surface area contributed by atoms with Crippen molar-refractivity contribution in [3.05, 3.63) is 59.4 Å². The van der Waals surface area contributed by atoms with Crippen molar-refractivity contribution in [1.29, 1.82) is 0 Å². The molecule has 4 nitrogen and oxygen atoms in total. The number of carbonyl (C=O) groups excluding carboxylic acids is 2. The molecule has 6 heteroatoms. The van der Waals surface area contributed by atoms with Crippen LogP contribution in [0.5, 0.6) is 0 Å². The third-order valence-electron chi connectivity index (χ3n) is 3.98. The van der Waals surface area contributed by atoms with Crippen molar-refractivity contribution in [2.24, 2.45) is 0 Å². The zero-order chi connectivity index (χ0) is 19.1. The molecule has 2 aromatic rings. The highest BCUT2D eigenvalue weighted by molar-refractivity contribution is 7.99. The van der Waals surface area contributed by atoms with Crippen molar-refractivity contribution in [3.63, 3.8) is 0 Å². The van der Waals surface area contributed by atoms with Crippen LogP contribution in [-0.4, -0.2) is 36.1 Å². The summed E-state index contributed by atoms with van der Waals surface area (Å²) in [7, 11) is 1.59. The number of nitrogens with zero attached hydrogens (tertiary/aromatic N) is 1. The molecule has 1 N–H and O–H groups in total. The number of rotatable bonds is 7. The molecule has 2 amide bonds. The number of hydrogen-bond donors (Lipinski definition) is 1. The van der Waals surface area contributed by atoms with Crippen LogP contribution < -0.4 is 5.32 Å². The molecule has 0 atom stereocenters. The Morgan fingerprint density at radius 1 is 1.12 bits per heavy atom. The smallest absolute Gasteiger partial charge is 0.243 e. The zero-order valence-electron chi connectivity index (χ0n) is 15.2. The van der Waals surface area contributed by atoms with Gasteiger partial charge in [-0.15, -0.1) is 11.8 Å². The van der Waals surface area contributed by atoms with E-state index in [2.05, 4.69) is 31.3 Å². The molecule has 0 radical (unpaired) electrons. The SMILES string of the molecule is Cc1ccc(SCCC(=O)N(C)CC(=O)Nc2cccc(F)c2)cc1C. The average molecular weight is 374 g/mol. The molecule has 0 aliphatic heterocycles. The molecule has 0 bridgehead atoms. The van der Waals surface area contributed by atoms with Gasteiger partial charge in [0.15, 0.2) is 0 Å². The maximum absolute atomic E-state index is 13.1. The number of hydrogen-bond acceptors (Lipinski definition) is 3. The predicted molar refractivity (Wildman–Crippen MR) is 104 cm³/mol. The number of nitrogens with one attached hydrogen (secondary N) is 1. The highest BCUT2D eigenvalue weighted by Gasteiger charge is 2.13. The summed E-state index contributed by atoms with van der Waals surface area (Å²) in [6, 6.07) is 11.9. The van der Waals surface area contributed by atoms with Crippen LogP contribution in [0.2, 0.25) is 0 Å². The fraction of sp³-hybridized carbons (Fsp3) is 0.300. The van der Waals surface area contributed by atoms with Crippen LogP contribution >= 0.6 is 11.8 Å². The van der Waals surface area contributed by atoms with E-state index >= 15 is 0 Å². The first kappa shape index (κ1) is 20.0. The van der Waals surface area contributed by atoms with Crippen molar-refractivity contribution in [3.8, 4) is 0 Å². The molecule has 0 saturated carbocycles. The molecule has 26 heavy (non-hydrogen) atoms.